The number of benzene rings is 1. The monoisotopic (exact) mass is 288 g/mol. The molecule has 1 aromatic rings. The van der Waals surface area contributed by atoms with Gasteiger partial charge >= 0.3 is 0 Å². The number of carbonyl (C=O) groups excluding carboxylic acids is 1. The Balaban J connectivity index is 0.00000162. The highest BCUT2D eigenvalue weighted by Gasteiger charge is 2.27. The fourth-order valence-electron chi connectivity index (χ4n) is 2.22. The van der Waals surface area contributed by atoms with E-state index in [1.165, 1.54) is 0 Å². The summed E-state index contributed by atoms with van der Waals surface area (Å²) in [5, 5.41) is 3.46. The van der Waals surface area contributed by atoms with Crippen LogP contribution >= 0.6 is 24.0 Å². The van der Waals surface area contributed by atoms with Crippen molar-refractivity contribution in [2.75, 3.05) is 5.32 Å². The molecule has 2 unspecified atom stereocenters. The maximum Gasteiger partial charge on any atom is 0.227 e. The smallest absolute Gasteiger partial charge is 0.227 e. The number of carbonyl (C=O) groups is 1. The predicted molar refractivity (Wildman–Crippen MR) is 77.4 cm³/mol. The first-order valence-corrected chi connectivity index (χ1v) is 6.26. The third-order valence-corrected chi connectivity index (χ3v) is 3.55. The third-order valence-electron chi connectivity index (χ3n) is 3.22. The second-order valence-electron chi connectivity index (χ2n) is 4.74. The molecule has 3 nitrogen and oxygen atoms in total. The fraction of sp³-hybridized carbons (Fsp3) is 0.462. The average Bonchev–Trinajstić information content (AvgIpc) is 2.70. The van der Waals surface area contributed by atoms with Crippen LogP contribution in [-0.2, 0) is 4.79 Å². The highest BCUT2D eigenvalue weighted by Crippen LogP contribution is 2.28. The first-order chi connectivity index (χ1) is 8.06. The average molecular weight is 289 g/mol. The maximum absolute atomic E-state index is 12.0. The molecule has 0 aromatic heterocycles. The zero-order valence-corrected chi connectivity index (χ0v) is 11.9. The van der Waals surface area contributed by atoms with Crippen molar-refractivity contribution in [1.29, 1.82) is 0 Å². The molecule has 1 aromatic carbocycles. The molecule has 18 heavy (non-hydrogen) atoms. The lowest BCUT2D eigenvalue weighted by Crippen LogP contribution is -2.23. The van der Waals surface area contributed by atoms with Crippen LogP contribution in [0.25, 0.3) is 0 Å². The largest absolute Gasteiger partial charge is 0.328 e. The second-order valence-corrected chi connectivity index (χ2v) is 5.15. The van der Waals surface area contributed by atoms with Gasteiger partial charge in [-0.25, -0.2) is 0 Å². The molecule has 2 atom stereocenters. The summed E-state index contributed by atoms with van der Waals surface area (Å²) in [5.74, 6) is 0.0621. The summed E-state index contributed by atoms with van der Waals surface area (Å²) in [4.78, 5) is 12.0. The Morgan fingerprint density at radius 3 is 2.78 bits per heavy atom. The van der Waals surface area contributed by atoms with Gasteiger partial charge in [-0.1, -0.05) is 17.7 Å². The van der Waals surface area contributed by atoms with Crippen LogP contribution in [0.15, 0.2) is 18.2 Å². The van der Waals surface area contributed by atoms with Gasteiger partial charge in [0.15, 0.2) is 0 Å². The van der Waals surface area contributed by atoms with Crippen molar-refractivity contribution >= 4 is 35.6 Å². The molecule has 0 saturated heterocycles. The fourth-order valence-corrected chi connectivity index (χ4v) is 2.39. The van der Waals surface area contributed by atoms with E-state index in [1.54, 1.807) is 6.07 Å². The molecule has 1 amide bonds. The van der Waals surface area contributed by atoms with Crippen molar-refractivity contribution in [3.63, 3.8) is 0 Å². The van der Waals surface area contributed by atoms with Crippen molar-refractivity contribution in [3.05, 3.63) is 28.8 Å². The van der Waals surface area contributed by atoms with Crippen LogP contribution in [0, 0.1) is 12.8 Å². The van der Waals surface area contributed by atoms with Crippen molar-refractivity contribution in [2.45, 2.75) is 32.2 Å². The summed E-state index contributed by atoms with van der Waals surface area (Å²) in [6.45, 7) is 1.97. The minimum Gasteiger partial charge on any atom is -0.328 e. The van der Waals surface area contributed by atoms with Crippen molar-refractivity contribution in [3.8, 4) is 0 Å². The molecule has 2 rings (SSSR count). The molecule has 1 aliphatic rings. The van der Waals surface area contributed by atoms with Crippen LogP contribution < -0.4 is 11.1 Å². The molecule has 1 fully saturated rings. The summed E-state index contributed by atoms with van der Waals surface area (Å²) in [7, 11) is 0. The number of amides is 1. The number of halogens is 2. The molecule has 0 aliphatic heterocycles. The lowest BCUT2D eigenvalue weighted by atomic mass is 10.1. The third kappa shape index (κ3) is 3.61. The summed E-state index contributed by atoms with van der Waals surface area (Å²) in [5.41, 5.74) is 7.57. The minimum atomic E-state index is 0. The van der Waals surface area contributed by atoms with Gasteiger partial charge in [0.25, 0.3) is 0 Å². The summed E-state index contributed by atoms with van der Waals surface area (Å²) in [6, 6.07) is 5.77. The van der Waals surface area contributed by atoms with Crippen LogP contribution in [0.3, 0.4) is 0 Å². The Morgan fingerprint density at radius 2 is 2.17 bits per heavy atom. The van der Waals surface area contributed by atoms with E-state index in [0.717, 1.165) is 24.8 Å². The maximum atomic E-state index is 12.0. The Kier molecular flexibility index (Phi) is 5.45. The quantitative estimate of drug-likeness (QED) is 0.878. The first kappa shape index (κ1) is 15.3. The lowest BCUT2D eigenvalue weighted by Gasteiger charge is -2.12. The van der Waals surface area contributed by atoms with Crippen LogP contribution in [0.4, 0.5) is 5.69 Å². The first-order valence-electron chi connectivity index (χ1n) is 5.89. The van der Waals surface area contributed by atoms with E-state index < -0.39 is 0 Å². The summed E-state index contributed by atoms with van der Waals surface area (Å²) in [6.07, 6.45) is 2.57. The molecule has 0 spiro atoms. The summed E-state index contributed by atoms with van der Waals surface area (Å²) < 4.78 is 0. The van der Waals surface area contributed by atoms with Crippen molar-refractivity contribution in [2.24, 2.45) is 11.7 Å². The van der Waals surface area contributed by atoms with Crippen LogP contribution in [0.2, 0.25) is 5.02 Å². The standard InChI is InChI=1S/C13H17ClN2O.ClH/c1-8-2-5-11(14)12(6-8)16-13(17)9-3-4-10(15)7-9;/h2,5-6,9-10H,3-4,7,15H2,1H3,(H,16,17);1H. The number of rotatable bonds is 2. The molecule has 1 saturated carbocycles. The van der Waals surface area contributed by atoms with E-state index in [2.05, 4.69) is 5.32 Å². The van der Waals surface area contributed by atoms with Gasteiger partial charge in [0.2, 0.25) is 5.91 Å². The number of nitrogens with two attached hydrogens (primary N) is 1. The zero-order valence-electron chi connectivity index (χ0n) is 10.3. The van der Waals surface area contributed by atoms with E-state index in [1.807, 2.05) is 19.1 Å². The highest BCUT2D eigenvalue weighted by atomic mass is 35.5. The summed E-state index contributed by atoms with van der Waals surface area (Å²) >= 11 is 6.04. The van der Waals surface area contributed by atoms with Gasteiger partial charge in [0.05, 0.1) is 10.7 Å². The van der Waals surface area contributed by atoms with E-state index in [4.69, 9.17) is 17.3 Å². The Labute approximate surface area is 118 Å². The molecular weight excluding hydrogens is 271 g/mol. The van der Waals surface area contributed by atoms with Gasteiger partial charge in [-0.05, 0) is 43.9 Å². The van der Waals surface area contributed by atoms with Gasteiger partial charge in [0.1, 0.15) is 0 Å². The van der Waals surface area contributed by atoms with Crippen LogP contribution in [0.1, 0.15) is 24.8 Å². The highest BCUT2D eigenvalue weighted by molar-refractivity contribution is 6.33. The van der Waals surface area contributed by atoms with Gasteiger partial charge in [-0.3, -0.25) is 4.79 Å². The number of hydrogen-bond donors (Lipinski definition) is 2. The van der Waals surface area contributed by atoms with Crippen LogP contribution in [0.5, 0.6) is 0 Å². The van der Waals surface area contributed by atoms with Crippen molar-refractivity contribution < 1.29 is 4.79 Å². The number of aryl methyl sites for hydroxylation is 1. The number of nitrogens with one attached hydrogen (secondary N) is 1. The van der Waals surface area contributed by atoms with E-state index in [-0.39, 0.29) is 30.3 Å². The van der Waals surface area contributed by atoms with Gasteiger partial charge in [0, 0.05) is 12.0 Å². The second kappa shape index (κ2) is 6.41. The topological polar surface area (TPSA) is 55.1 Å². The minimum absolute atomic E-state index is 0. The number of hydrogen-bond acceptors (Lipinski definition) is 2. The van der Waals surface area contributed by atoms with Gasteiger partial charge in [-0.2, -0.15) is 0 Å². The van der Waals surface area contributed by atoms with E-state index in [9.17, 15) is 4.79 Å². The molecule has 100 valence electrons. The van der Waals surface area contributed by atoms with E-state index in [0.29, 0.717) is 10.7 Å². The molecule has 0 bridgehead atoms. The van der Waals surface area contributed by atoms with Gasteiger partial charge < -0.3 is 11.1 Å². The van der Waals surface area contributed by atoms with E-state index >= 15 is 0 Å². The molecule has 0 heterocycles. The predicted octanol–water partition coefficient (Wildman–Crippen LogP) is 3.14. The lowest BCUT2D eigenvalue weighted by molar-refractivity contribution is -0.119. The molecule has 5 heteroatoms. The molecular formula is C13H18Cl2N2O. The SMILES string of the molecule is Cc1ccc(Cl)c(NC(=O)C2CCC(N)C2)c1.Cl. The number of anilines is 1. The molecule has 3 N–H and O–H groups in total. The Hall–Kier alpha value is -0.770. The Morgan fingerprint density at radius 1 is 1.44 bits per heavy atom. The van der Waals surface area contributed by atoms with Crippen molar-refractivity contribution in [1.82, 2.24) is 0 Å². The van der Waals surface area contributed by atoms with Crippen LogP contribution in [-0.4, -0.2) is 11.9 Å². The Bertz CT molecular complexity index is 437. The molecule has 0 radical (unpaired) electrons. The molecule has 1 aliphatic carbocycles. The normalized spacial score (nSPS) is 22.4. The zero-order chi connectivity index (χ0) is 12.4. The van der Waals surface area contributed by atoms with Gasteiger partial charge in [-0.15, -0.1) is 12.4 Å².